The molecular formula is C12H13FN3. The van der Waals surface area contributed by atoms with Crippen LogP contribution >= 0.6 is 0 Å². The average Bonchev–Trinajstić information content (AvgIpc) is 2.72. The van der Waals surface area contributed by atoms with Gasteiger partial charge in [-0.2, -0.15) is 0 Å². The highest BCUT2D eigenvalue weighted by Gasteiger charge is 2.25. The topological polar surface area (TPSA) is 42.8 Å². The van der Waals surface area contributed by atoms with E-state index < -0.39 is 6.17 Å². The number of benzene rings is 1. The molecule has 2 aromatic rings. The van der Waals surface area contributed by atoms with E-state index in [1.165, 1.54) is 0 Å². The molecule has 2 unspecified atom stereocenters. The molecule has 0 spiro atoms. The van der Waals surface area contributed by atoms with Crippen molar-refractivity contribution in [1.82, 2.24) is 15.3 Å². The van der Waals surface area contributed by atoms with Crippen LogP contribution in [0.3, 0.4) is 0 Å². The standard InChI is InChI=1S/C12H13FN3/c13-8-5-6-14-11(7-8)12-15-9-3-1-2-4-10(9)16-12/h1-4,8,11H,5-7H2,(H,15,16). The molecule has 0 bridgehead atoms. The Balaban J connectivity index is 1.93. The predicted octanol–water partition coefficient (Wildman–Crippen LogP) is 2.34. The number of rotatable bonds is 1. The van der Waals surface area contributed by atoms with Crippen LogP contribution in [0.1, 0.15) is 24.7 Å². The Kier molecular flexibility index (Phi) is 2.36. The van der Waals surface area contributed by atoms with Crippen LogP contribution in [0.4, 0.5) is 4.39 Å². The van der Waals surface area contributed by atoms with E-state index >= 15 is 0 Å². The van der Waals surface area contributed by atoms with Crippen molar-refractivity contribution >= 4 is 11.0 Å². The van der Waals surface area contributed by atoms with Gasteiger partial charge in [0.1, 0.15) is 12.0 Å². The van der Waals surface area contributed by atoms with Gasteiger partial charge in [0.15, 0.2) is 0 Å². The number of piperidine rings is 1. The van der Waals surface area contributed by atoms with Crippen LogP contribution in [0.25, 0.3) is 11.0 Å². The number of para-hydroxylation sites is 2. The molecule has 1 fully saturated rings. The molecule has 1 radical (unpaired) electrons. The quantitative estimate of drug-likeness (QED) is 0.784. The van der Waals surface area contributed by atoms with E-state index in [9.17, 15) is 4.39 Å². The molecule has 1 saturated heterocycles. The molecule has 0 aliphatic carbocycles. The van der Waals surface area contributed by atoms with Gasteiger partial charge in [0.05, 0.1) is 17.1 Å². The fourth-order valence-corrected chi connectivity index (χ4v) is 2.13. The Morgan fingerprint density at radius 3 is 3.00 bits per heavy atom. The lowest BCUT2D eigenvalue weighted by Gasteiger charge is -2.22. The van der Waals surface area contributed by atoms with Gasteiger partial charge >= 0.3 is 0 Å². The number of aromatic amines is 1. The van der Waals surface area contributed by atoms with Crippen LogP contribution in [0, 0.1) is 0 Å². The van der Waals surface area contributed by atoms with Crippen molar-refractivity contribution in [2.75, 3.05) is 6.54 Å². The molecule has 83 valence electrons. The first-order chi connectivity index (χ1) is 7.83. The summed E-state index contributed by atoms with van der Waals surface area (Å²) in [6, 6.07) is 7.73. The highest BCUT2D eigenvalue weighted by molar-refractivity contribution is 5.74. The summed E-state index contributed by atoms with van der Waals surface area (Å²) in [7, 11) is 0. The van der Waals surface area contributed by atoms with Gasteiger partial charge in [-0.05, 0) is 18.6 Å². The number of fused-ring (bicyclic) bond motifs is 1. The Morgan fingerprint density at radius 1 is 1.31 bits per heavy atom. The minimum Gasteiger partial charge on any atom is -0.341 e. The highest BCUT2D eigenvalue weighted by atomic mass is 19.1. The fourth-order valence-electron chi connectivity index (χ4n) is 2.13. The first-order valence-electron chi connectivity index (χ1n) is 5.58. The molecule has 16 heavy (non-hydrogen) atoms. The van der Waals surface area contributed by atoms with E-state index in [-0.39, 0.29) is 6.04 Å². The Bertz CT molecular complexity index is 461. The summed E-state index contributed by atoms with van der Waals surface area (Å²) in [6.07, 6.45) is 0.270. The predicted molar refractivity (Wildman–Crippen MR) is 60.0 cm³/mol. The third-order valence-electron chi connectivity index (χ3n) is 2.99. The molecule has 2 heterocycles. The van der Waals surface area contributed by atoms with Crippen molar-refractivity contribution in [3.8, 4) is 0 Å². The monoisotopic (exact) mass is 218 g/mol. The molecule has 3 rings (SSSR count). The molecule has 2 atom stereocenters. The van der Waals surface area contributed by atoms with Crippen LogP contribution < -0.4 is 5.32 Å². The Labute approximate surface area is 93.1 Å². The van der Waals surface area contributed by atoms with Crippen molar-refractivity contribution in [3.05, 3.63) is 30.1 Å². The van der Waals surface area contributed by atoms with Crippen LogP contribution in [0.15, 0.2) is 24.3 Å². The van der Waals surface area contributed by atoms with Crippen LogP contribution in [-0.2, 0) is 0 Å². The van der Waals surface area contributed by atoms with Crippen molar-refractivity contribution < 1.29 is 4.39 Å². The van der Waals surface area contributed by atoms with Crippen LogP contribution in [0.2, 0.25) is 0 Å². The minimum atomic E-state index is -0.740. The number of alkyl halides is 1. The van der Waals surface area contributed by atoms with E-state index in [2.05, 4.69) is 15.3 Å². The van der Waals surface area contributed by atoms with Gasteiger partial charge in [-0.15, -0.1) is 0 Å². The molecule has 1 aliphatic heterocycles. The van der Waals surface area contributed by atoms with Crippen molar-refractivity contribution in [2.24, 2.45) is 0 Å². The molecule has 0 amide bonds. The van der Waals surface area contributed by atoms with Crippen LogP contribution in [0.5, 0.6) is 0 Å². The third-order valence-corrected chi connectivity index (χ3v) is 2.99. The average molecular weight is 218 g/mol. The van der Waals surface area contributed by atoms with Crippen LogP contribution in [-0.4, -0.2) is 22.7 Å². The van der Waals surface area contributed by atoms with E-state index in [0.717, 1.165) is 16.9 Å². The number of imidazole rings is 1. The molecule has 0 saturated carbocycles. The summed E-state index contributed by atoms with van der Waals surface area (Å²) in [6.45, 7) is 0.600. The summed E-state index contributed by atoms with van der Waals surface area (Å²) in [5.74, 6) is 0.795. The van der Waals surface area contributed by atoms with Crippen molar-refractivity contribution in [2.45, 2.75) is 25.1 Å². The molecule has 1 aromatic heterocycles. The molecule has 4 heteroatoms. The molecular weight excluding hydrogens is 205 g/mol. The molecule has 1 N–H and O–H groups in total. The van der Waals surface area contributed by atoms with Crippen molar-refractivity contribution in [1.29, 1.82) is 0 Å². The number of nitrogens with zero attached hydrogens (tertiary/aromatic N) is 2. The van der Waals surface area contributed by atoms with Gasteiger partial charge in [-0.1, -0.05) is 12.1 Å². The maximum absolute atomic E-state index is 13.3. The number of hydrogen-bond donors (Lipinski definition) is 1. The summed E-state index contributed by atoms with van der Waals surface area (Å²) < 4.78 is 13.3. The zero-order valence-electron chi connectivity index (χ0n) is 8.86. The Hall–Kier alpha value is -1.42. The van der Waals surface area contributed by atoms with Gasteiger partial charge in [0.2, 0.25) is 0 Å². The molecule has 1 aromatic carbocycles. The molecule has 3 nitrogen and oxygen atoms in total. The van der Waals surface area contributed by atoms with Gasteiger partial charge in [0, 0.05) is 13.0 Å². The largest absolute Gasteiger partial charge is 0.341 e. The van der Waals surface area contributed by atoms with Gasteiger partial charge in [0.25, 0.3) is 0 Å². The lowest BCUT2D eigenvalue weighted by Crippen LogP contribution is -2.28. The SMILES string of the molecule is FC1CC[N]C(c2nc3ccccc3[nH]2)C1. The fraction of sp³-hybridized carbons (Fsp3) is 0.417. The van der Waals surface area contributed by atoms with E-state index in [1.54, 1.807) is 0 Å². The maximum Gasteiger partial charge on any atom is 0.126 e. The number of aromatic nitrogens is 2. The van der Waals surface area contributed by atoms with Gasteiger partial charge in [-0.25, -0.2) is 14.7 Å². The summed E-state index contributed by atoms with van der Waals surface area (Å²) in [5.41, 5.74) is 1.92. The highest BCUT2D eigenvalue weighted by Crippen LogP contribution is 2.25. The second-order valence-electron chi connectivity index (χ2n) is 4.18. The smallest absolute Gasteiger partial charge is 0.126 e. The lowest BCUT2D eigenvalue weighted by molar-refractivity contribution is 0.217. The van der Waals surface area contributed by atoms with Gasteiger partial charge in [-0.3, -0.25) is 0 Å². The second kappa shape index (κ2) is 3.87. The summed E-state index contributed by atoms with van der Waals surface area (Å²) in [5, 5.41) is 4.41. The lowest BCUT2D eigenvalue weighted by atomic mass is 10.0. The van der Waals surface area contributed by atoms with E-state index in [0.29, 0.717) is 19.4 Å². The minimum absolute atomic E-state index is 0.101. The zero-order valence-corrected chi connectivity index (χ0v) is 8.86. The van der Waals surface area contributed by atoms with Gasteiger partial charge < -0.3 is 4.98 Å². The first kappa shape index (κ1) is 9.78. The number of nitrogens with one attached hydrogen (secondary N) is 1. The molecule has 1 aliphatic rings. The van der Waals surface area contributed by atoms with Crippen molar-refractivity contribution in [3.63, 3.8) is 0 Å². The number of H-pyrrole nitrogens is 1. The second-order valence-corrected chi connectivity index (χ2v) is 4.18. The van der Waals surface area contributed by atoms with E-state index in [4.69, 9.17) is 0 Å². The first-order valence-corrected chi connectivity index (χ1v) is 5.58. The normalized spacial score (nSPS) is 26.1. The van der Waals surface area contributed by atoms with E-state index in [1.807, 2.05) is 24.3 Å². The number of halogens is 1. The third kappa shape index (κ3) is 1.69. The summed E-state index contributed by atoms with van der Waals surface area (Å²) >= 11 is 0. The Morgan fingerprint density at radius 2 is 2.19 bits per heavy atom. The zero-order chi connectivity index (χ0) is 11.0. The number of hydrogen-bond acceptors (Lipinski definition) is 1. The summed E-state index contributed by atoms with van der Waals surface area (Å²) in [4.78, 5) is 7.67. The maximum atomic E-state index is 13.3.